The molecule has 0 aliphatic heterocycles. The molecule has 0 amide bonds. The molecule has 5 heteroatoms. The molecule has 0 atom stereocenters. The van der Waals surface area contributed by atoms with Crippen LogP contribution >= 0.6 is 0 Å². The summed E-state index contributed by atoms with van der Waals surface area (Å²) in [4.78, 5) is 0.322. The Balaban J connectivity index is 2.58. The lowest BCUT2D eigenvalue weighted by Crippen LogP contribution is -2.28. The lowest BCUT2D eigenvalue weighted by atomic mass is 10.1. The van der Waals surface area contributed by atoms with E-state index in [4.69, 9.17) is 5.26 Å². The van der Waals surface area contributed by atoms with E-state index in [2.05, 4.69) is 0 Å². The predicted octanol–water partition coefficient (Wildman–Crippen LogP) is 3.31. The van der Waals surface area contributed by atoms with E-state index in [1.54, 1.807) is 38.1 Å². The van der Waals surface area contributed by atoms with Gasteiger partial charge in [0.1, 0.15) is 0 Å². The zero-order valence-corrected chi connectivity index (χ0v) is 13.9. The van der Waals surface area contributed by atoms with Gasteiger partial charge in [-0.3, -0.25) is 4.31 Å². The highest BCUT2D eigenvalue weighted by atomic mass is 32.2. The van der Waals surface area contributed by atoms with Crippen LogP contribution in [0.2, 0.25) is 0 Å². The Morgan fingerprint density at radius 1 is 1.05 bits per heavy atom. The maximum absolute atomic E-state index is 12.9. The van der Waals surface area contributed by atoms with Crippen LogP contribution in [0.25, 0.3) is 0 Å². The fourth-order valence-electron chi connectivity index (χ4n) is 2.62. The topological polar surface area (TPSA) is 61.2 Å². The van der Waals surface area contributed by atoms with E-state index < -0.39 is 10.0 Å². The van der Waals surface area contributed by atoms with Crippen LogP contribution in [-0.2, 0) is 10.0 Å². The molecule has 2 aromatic carbocycles. The van der Waals surface area contributed by atoms with Gasteiger partial charge in [-0.15, -0.1) is 0 Å². The SMILES string of the molecule is Cc1cc(C)c(S(=O)(=O)N(C)c2cccc(C#N)c2)c(C)c1. The van der Waals surface area contributed by atoms with E-state index in [0.717, 1.165) is 16.7 Å². The summed E-state index contributed by atoms with van der Waals surface area (Å²) in [6, 6.07) is 12.3. The van der Waals surface area contributed by atoms with E-state index >= 15 is 0 Å². The number of benzene rings is 2. The summed E-state index contributed by atoms with van der Waals surface area (Å²) < 4.78 is 27.1. The molecule has 22 heavy (non-hydrogen) atoms. The Morgan fingerprint density at radius 3 is 2.18 bits per heavy atom. The molecule has 0 aromatic heterocycles. The Bertz CT molecular complexity index is 841. The zero-order chi connectivity index (χ0) is 16.5. The van der Waals surface area contributed by atoms with Crippen molar-refractivity contribution in [2.45, 2.75) is 25.7 Å². The van der Waals surface area contributed by atoms with Gasteiger partial charge < -0.3 is 0 Å². The van der Waals surface area contributed by atoms with Crippen LogP contribution in [0.4, 0.5) is 5.69 Å². The molecule has 114 valence electrons. The molecule has 0 saturated heterocycles. The Morgan fingerprint density at radius 2 is 1.64 bits per heavy atom. The minimum Gasteiger partial charge on any atom is -0.269 e. The van der Waals surface area contributed by atoms with Gasteiger partial charge in [0.15, 0.2) is 0 Å². The fourth-order valence-corrected chi connectivity index (χ4v) is 4.22. The highest BCUT2D eigenvalue weighted by Gasteiger charge is 2.25. The largest absolute Gasteiger partial charge is 0.269 e. The highest BCUT2D eigenvalue weighted by molar-refractivity contribution is 7.92. The van der Waals surface area contributed by atoms with Gasteiger partial charge in [0.2, 0.25) is 0 Å². The maximum Gasteiger partial charge on any atom is 0.264 e. The van der Waals surface area contributed by atoms with Crippen molar-refractivity contribution in [3.8, 4) is 6.07 Å². The first-order chi connectivity index (χ1) is 10.3. The van der Waals surface area contributed by atoms with Crippen molar-refractivity contribution in [1.82, 2.24) is 0 Å². The van der Waals surface area contributed by atoms with Crippen LogP contribution in [0.5, 0.6) is 0 Å². The number of hydrogen-bond acceptors (Lipinski definition) is 3. The predicted molar refractivity (Wildman–Crippen MR) is 87.4 cm³/mol. The summed E-state index contributed by atoms with van der Waals surface area (Å²) in [6.45, 7) is 5.54. The Labute approximate surface area is 131 Å². The summed E-state index contributed by atoms with van der Waals surface area (Å²) >= 11 is 0. The molecular formula is C17H18N2O2S. The van der Waals surface area contributed by atoms with Gasteiger partial charge in [-0.05, 0) is 50.1 Å². The van der Waals surface area contributed by atoms with Gasteiger partial charge in [-0.1, -0.05) is 23.8 Å². The molecule has 2 rings (SSSR count). The van der Waals surface area contributed by atoms with Crippen molar-refractivity contribution in [2.75, 3.05) is 11.4 Å². The number of nitriles is 1. The third kappa shape index (κ3) is 2.83. The molecule has 0 N–H and O–H groups in total. The first-order valence-corrected chi connectivity index (χ1v) is 8.28. The van der Waals surface area contributed by atoms with Gasteiger partial charge in [-0.25, -0.2) is 8.42 Å². The minimum absolute atomic E-state index is 0.322. The van der Waals surface area contributed by atoms with Crippen molar-refractivity contribution in [2.24, 2.45) is 0 Å². The van der Waals surface area contributed by atoms with Gasteiger partial charge >= 0.3 is 0 Å². The van der Waals surface area contributed by atoms with Crippen molar-refractivity contribution in [1.29, 1.82) is 5.26 Å². The normalized spacial score (nSPS) is 11.0. The van der Waals surface area contributed by atoms with Crippen LogP contribution in [0.3, 0.4) is 0 Å². The van der Waals surface area contributed by atoms with Crippen LogP contribution in [0, 0.1) is 32.1 Å². The number of aryl methyl sites for hydroxylation is 3. The molecule has 0 aliphatic rings. The molecule has 0 bridgehead atoms. The van der Waals surface area contributed by atoms with Crippen LogP contribution in [0.15, 0.2) is 41.3 Å². The molecular weight excluding hydrogens is 296 g/mol. The molecule has 0 saturated carbocycles. The number of nitrogens with zero attached hydrogens (tertiary/aromatic N) is 2. The van der Waals surface area contributed by atoms with Gasteiger partial charge in [0.05, 0.1) is 22.2 Å². The second kappa shape index (κ2) is 5.82. The molecule has 0 unspecified atom stereocenters. The molecule has 0 fully saturated rings. The summed E-state index contributed by atoms with van der Waals surface area (Å²) in [5, 5.41) is 8.96. The first kappa shape index (κ1) is 16.1. The van der Waals surface area contributed by atoms with E-state index in [-0.39, 0.29) is 0 Å². The highest BCUT2D eigenvalue weighted by Crippen LogP contribution is 2.28. The molecule has 0 aliphatic carbocycles. The maximum atomic E-state index is 12.9. The molecule has 4 nitrogen and oxygen atoms in total. The van der Waals surface area contributed by atoms with Crippen molar-refractivity contribution >= 4 is 15.7 Å². The van der Waals surface area contributed by atoms with Crippen LogP contribution in [0.1, 0.15) is 22.3 Å². The second-order valence-electron chi connectivity index (χ2n) is 5.36. The smallest absolute Gasteiger partial charge is 0.264 e. The average Bonchev–Trinajstić information content (AvgIpc) is 2.45. The third-order valence-corrected chi connectivity index (χ3v) is 5.65. The monoisotopic (exact) mass is 314 g/mol. The summed E-state index contributed by atoms with van der Waals surface area (Å²) in [5.41, 5.74) is 3.37. The summed E-state index contributed by atoms with van der Waals surface area (Å²) in [7, 11) is -2.17. The average molecular weight is 314 g/mol. The van der Waals surface area contributed by atoms with E-state index in [1.165, 1.54) is 11.4 Å². The van der Waals surface area contributed by atoms with Gasteiger partial charge in [0, 0.05) is 7.05 Å². The third-order valence-electron chi connectivity index (χ3n) is 3.56. The van der Waals surface area contributed by atoms with E-state index in [1.807, 2.05) is 25.1 Å². The number of rotatable bonds is 3. The second-order valence-corrected chi connectivity index (χ2v) is 7.27. The standard InChI is InChI=1S/C17H18N2O2S/c1-12-8-13(2)17(14(3)9-12)22(20,21)19(4)16-7-5-6-15(10-16)11-18/h5-10H,1-4H3. The molecule has 2 aromatic rings. The van der Waals surface area contributed by atoms with Crippen molar-refractivity contribution in [3.05, 3.63) is 58.7 Å². The molecule has 0 spiro atoms. The number of sulfonamides is 1. The number of hydrogen-bond donors (Lipinski definition) is 0. The Kier molecular flexibility index (Phi) is 4.25. The number of anilines is 1. The first-order valence-electron chi connectivity index (χ1n) is 6.84. The van der Waals surface area contributed by atoms with E-state index in [0.29, 0.717) is 16.1 Å². The lowest BCUT2D eigenvalue weighted by Gasteiger charge is -2.22. The van der Waals surface area contributed by atoms with Crippen molar-refractivity contribution < 1.29 is 8.42 Å². The van der Waals surface area contributed by atoms with Gasteiger partial charge in [-0.2, -0.15) is 5.26 Å². The lowest BCUT2D eigenvalue weighted by molar-refractivity contribution is 0.593. The van der Waals surface area contributed by atoms with Gasteiger partial charge in [0.25, 0.3) is 10.0 Å². The zero-order valence-electron chi connectivity index (χ0n) is 13.1. The summed E-state index contributed by atoms with van der Waals surface area (Å²) in [5.74, 6) is 0. The molecule has 0 heterocycles. The van der Waals surface area contributed by atoms with Crippen LogP contribution < -0.4 is 4.31 Å². The van der Waals surface area contributed by atoms with E-state index in [9.17, 15) is 8.42 Å². The summed E-state index contributed by atoms with van der Waals surface area (Å²) in [6.07, 6.45) is 0. The van der Waals surface area contributed by atoms with Crippen molar-refractivity contribution in [3.63, 3.8) is 0 Å². The quantitative estimate of drug-likeness (QED) is 0.873. The fraction of sp³-hybridized carbons (Fsp3) is 0.235. The minimum atomic E-state index is -3.67. The Hall–Kier alpha value is -2.32. The van der Waals surface area contributed by atoms with Crippen LogP contribution in [-0.4, -0.2) is 15.5 Å². The molecule has 0 radical (unpaired) electrons.